The van der Waals surface area contributed by atoms with E-state index in [2.05, 4.69) is 0 Å². The summed E-state index contributed by atoms with van der Waals surface area (Å²) in [5.74, 6) is -3.42. The molecular formula is C7H12F2O. The van der Waals surface area contributed by atoms with Crippen molar-refractivity contribution in [3.63, 3.8) is 0 Å². The van der Waals surface area contributed by atoms with Crippen LogP contribution in [0.3, 0.4) is 0 Å². The first kappa shape index (κ1) is 9.53. The lowest BCUT2D eigenvalue weighted by Gasteiger charge is -2.28. The molecule has 60 valence electrons. The second kappa shape index (κ2) is 2.29. The van der Waals surface area contributed by atoms with Crippen LogP contribution in [0.4, 0.5) is 8.78 Å². The Morgan fingerprint density at radius 2 is 1.50 bits per heavy atom. The summed E-state index contributed by atoms with van der Waals surface area (Å²) in [7, 11) is 0. The molecule has 0 aliphatic rings. The van der Waals surface area contributed by atoms with Gasteiger partial charge in [0.05, 0.1) is 5.41 Å². The first-order chi connectivity index (χ1) is 4.19. The van der Waals surface area contributed by atoms with Crippen molar-refractivity contribution >= 4 is 5.78 Å². The number of carbonyl (C=O) groups excluding carboxylic acids is 1. The normalized spacial score (nSPS) is 13.4. The number of hydrogen-bond acceptors (Lipinski definition) is 1. The van der Waals surface area contributed by atoms with Crippen molar-refractivity contribution < 1.29 is 13.6 Å². The van der Waals surface area contributed by atoms with Gasteiger partial charge in [-0.15, -0.1) is 0 Å². The fourth-order valence-electron chi connectivity index (χ4n) is 0.309. The van der Waals surface area contributed by atoms with Gasteiger partial charge in [-0.05, 0) is 20.8 Å². The molecule has 0 spiro atoms. The molecule has 0 fully saturated rings. The van der Waals surface area contributed by atoms with Gasteiger partial charge in [0.25, 0.3) is 5.92 Å². The van der Waals surface area contributed by atoms with Gasteiger partial charge in [0.15, 0.2) is 0 Å². The average molecular weight is 150 g/mol. The van der Waals surface area contributed by atoms with E-state index in [9.17, 15) is 13.6 Å². The van der Waals surface area contributed by atoms with Gasteiger partial charge in [0.2, 0.25) is 0 Å². The number of Topliss-reactive ketones (excluding diaryl/α,β-unsaturated/α-hetero) is 1. The van der Waals surface area contributed by atoms with Crippen LogP contribution in [-0.4, -0.2) is 11.7 Å². The Hall–Kier alpha value is -0.470. The van der Waals surface area contributed by atoms with E-state index >= 15 is 0 Å². The first-order valence-electron chi connectivity index (χ1n) is 3.08. The van der Waals surface area contributed by atoms with Gasteiger partial charge < -0.3 is 0 Å². The van der Waals surface area contributed by atoms with E-state index in [-0.39, 0.29) is 0 Å². The first-order valence-corrected chi connectivity index (χ1v) is 3.08. The maximum absolute atomic E-state index is 12.5. The van der Waals surface area contributed by atoms with E-state index in [4.69, 9.17) is 0 Å². The lowest BCUT2D eigenvalue weighted by Crippen LogP contribution is -2.39. The van der Waals surface area contributed by atoms with Crippen LogP contribution in [0.2, 0.25) is 0 Å². The zero-order chi connectivity index (χ0) is 8.58. The zero-order valence-corrected chi connectivity index (χ0v) is 6.66. The molecule has 0 bridgehead atoms. The average Bonchev–Trinajstić information content (AvgIpc) is 1.62. The highest BCUT2D eigenvalue weighted by molar-refractivity contribution is 5.82. The fraction of sp³-hybridized carbons (Fsp3) is 0.857. The lowest BCUT2D eigenvalue weighted by molar-refractivity contribution is -0.146. The predicted octanol–water partition coefficient (Wildman–Crippen LogP) is 2.26. The Morgan fingerprint density at radius 3 is 1.50 bits per heavy atom. The fourth-order valence-corrected chi connectivity index (χ4v) is 0.309. The topological polar surface area (TPSA) is 17.1 Å². The maximum Gasteiger partial charge on any atom is 0.257 e. The largest absolute Gasteiger partial charge is 0.299 e. The SMILES string of the molecule is CC(=O)C(C)(C)C(C)(F)F. The molecule has 0 heterocycles. The van der Waals surface area contributed by atoms with Crippen molar-refractivity contribution in [2.45, 2.75) is 33.6 Å². The lowest BCUT2D eigenvalue weighted by atomic mass is 9.83. The number of halogens is 2. The van der Waals surface area contributed by atoms with Gasteiger partial charge in [-0.3, -0.25) is 4.79 Å². The Balaban J connectivity index is 4.57. The standard InChI is InChI=1S/C7H12F2O/c1-5(10)6(2,3)7(4,8)9/h1-4H3. The van der Waals surface area contributed by atoms with E-state index in [1.165, 1.54) is 20.8 Å². The van der Waals surface area contributed by atoms with Crippen LogP contribution >= 0.6 is 0 Å². The molecule has 0 atom stereocenters. The second-order valence-electron chi connectivity index (χ2n) is 3.07. The Kier molecular flexibility index (Phi) is 2.18. The molecule has 0 aromatic heterocycles. The van der Waals surface area contributed by atoms with Crippen molar-refractivity contribution in [1.29, 1.82) is 0 Å². The maximum atomic E-state index is 12.5. The summed E-state index contributed by atoms with van der Waals surface area (Å²) < 4.78 is 25.1. The van der Waals surface area contributed by atoms with Crippen LogP contribution in [0, 0.1) is 5.41 Å². The number of carbonyl (C=O) groups is 1. The van der Waals surface area contributed by atoms with Crippen LogP contribution in [0.25, 0.3) is 0 Å². The third-order valence-corrected chi connectivity index (χ3v) is 1.98. The molecule has 3 heteroatoms. The minimum Gasteiger partial charge on any atom is -0.299 e. The van der Waals surface area contributed by atoms with E-state index < -0.39 is 17.1 Å². The molecule has 0 saturated carbocycles. The van der Waals surface area contributed by atoms with Crippen LogP contribution in [0.1, 0.15) is 27.7 Å². The summed E-state index contributed by atoms with van der Waals surface area (Å²) in [6.07, 6.45) is 0. The number of alkyl halides is 2. The summed E-state index contributed by atoms with van der Waals surface area (Å²) in [6.45, 7) is 4.43. The van der Waals surface area contributed by atoms with Gasteiger partial charge in [0.1, 0.15) is 5.78 Å². The summed E-state index contributed by atoms with van der Waals surface area (Å²) in [5, 5.41) is 0. The number of ketones is 1. The van der Waals surface area contributed by atoms with Crippen molar-refractivity contribution in [2.24, 2.45) is 5.41 Å². The molecule has 0 N–H and O–H groups in total. The molecule has 10 heavy (non-hydrogen) atoms. The highest BCUT2D eigenvalue weighted by Crippen LogP contribution is 2.36. The van der Waals surface area contributed by atoms with Gasteiger partial charge in [0, 0.05) is 6.92 Å². The van der Waals surface area contributed by atoms with E-state index in [1.54, 1.807) is 0 Å². The molecule has 0 aliphatic heterocycles. The Bertz CT molecular complexity index is 144. The van der Waals surface area contributed by atoms with E-state index in [0.29, 0.717) is 0 Å². The number of rotatable bonds is 2. The highest BCUT2D eigenvalue weighted by Gasteiger charge is 2.45. The van der Waals surface area contributed by atoms with Crippen molar-refractivity contribution in [3.05, 3.63) is 0 Å². The Labute approximate surface area is 59.4 Å². The monoisotopic (exact) mass is 150 g/mol. The summed E-state index contributed by atoms with van der Waals surface area (Å²) in [4.78, 5) is 10.6. The predicted molar refractivity (Wildman–Crippen MR) is 35.1 cm³/mol. The van der Waals surface area contributed by atoms with E-state index in [0.717, 1.165) is 6.92 Å². The van der Waals surface area contributed by atoms with Gasteiger partial charge in [-0.1, -0.05) is 0 Å². The summed E-state index contributed by atoms with van der Waals surface area (Å²) in [6, 6.07) is 0. The molecular weight excluding hydrogens is 138 g/mol. The summed E-state index contributed by atoms with van der Waals surface area (Å²) in [5.41, 5.74) is -1.53. The molecule has 0 unspecified atom stereocenters. The number of hydrogen-bond donors (Lipinski definition) is 0. The smallest absolute Gasteiger partial charge is 0.257 e. The Morgan fingerprint density at radius 1 is 1.20 bits per heavy atom. The molecule has 0 amide bonds. The summed E-state index contributed by atoms with van der Waals surface area (Å²) >= 11 is 0. The quantitative estimate of drug-likeness (QED) is 0.590. The van der Waals surface area contributed by atoms with Crippen LogP contribution < -0.4 is 0 Å². The third kappa shape index (κ3) is 1.52. The molecule has 0 radical (unpaired) electrons. The molecule has 0 aromatic carbocycles. The van der Waals surface area contributed by atoms with E-state index in [1.807, 2.05) is 0 Å². The van der Waals surface area contributed by atoms with Gasteiger partial charge in [-0.25, -0.2) is 8.78 Å². The second-order valence-corrected chi connectivity index (χ2v) is 3.07. The third-order valence-electron chi connectivity index (χ3n) is 1.98. The van der Waals surface area contributed by atoms with Gasteiger partial charge in [-0.2, -0.15) is 0 Å². The molecule has 1 nitrogen and oxygen atoms in total. The zero-order valence-electron chi connectivity index (χ0n) is 6.66. The molecule has 0 rings (SSSR count). The van der Waals surface area contributed by atoms with Crippen molar-refractivity contribution in [3.8, 4) is 0 Å². The van der Waals surface area contributed by atoms with Crippen LogP contribution in [-0.2, 0) is 4.79 Å². The minimum atomic E-state index is -2.93. The molecule has 0 aromatic rings. The highest BCUT2D eigenvalue weighted by atomic mass is 19.3. The van der Waals surface area contributed by atoms with Gasteiger partial charge >= 0.3 is 0 Å². The van der Waals surface area contributed by atoms with Crippen LogP contribution in [0.15, 0.2) is 0 Å². The molecule has 0 saturated heterocycles. The minimum absolute atomic E-state index is 0.486. The van der Waals surface area contributed by atoms with Crippen molar-refractivity contribution in [2.75, 3.05) is 0 Å². The van der Waals surface area contributed by atoms with Crippen LogP contribution in [0.5, 0.6) is 0 Å². The molecule has 0 aliphatic carbocycles. The van der Waals surface area contributed by atoms with Crippen molar-refractivity contribution in [1.82, 2.24) is 0 Å².